The van der Waals surface area contributed by atoms with Gasteiger partial charge in [-0.15, -0.1) is 5.10 Å². The molecular weight excluding hydrogens is 239 g/mol. The van der Waals surface area contributed by atoms with Crippen molar-refractivity contribution in [3.8, 4) is 5.69 Å². The van der Waals surface area contributed by atoms with Gasteiger partial charge in [0.05, 0.1) is 18.1 Å². The molecule has 0 aliphatic heterocycles. The van der Waals surface area contributed by atoms with Crippen LogP contribution in [0.4, 0.5) is 4.39 Å². The van der Waals surface area contributed by atoms with E-state index in [-0.39, 0.29) is 11.7 Å². The second-order valence-corrected chi connectivity index (χ2v) is 4.15. The van der Waals surface area contributed by atoms with Crippen LogP contribution in [-0.4, -0.2) is 30.8 Å². The highest BCUT2D eigenvalue weighted by atomic mass is 19.1. The lowest BCUT2D eigenvalue weighted by Crippen LogP contribution is -2.04. The molecule has 1 N–H and O–H groups in total. The van der Waals surface area contributed by atoms with Crippen LogP contribution in [0, 0.1) is 5.82 Å². The molecule has 0 spiro atoms. The lowest BCUT2D eigenvalue weighted by molar-refractivity contribution is 0.0683. The first-order valence-electron chi connectivity index (χ1n) is 5.46. The largest absolute Gasteiger partial charge is 0.475 e. The van der Waals surface area contributed by atoms with E-state index in [0.717, 1.165) is 19.0 Å². The Kier molecular flexibility index (Phi) is 2.32. The third kappa shape index (κ3) is 1.83. The molecular formula is C11H9FN4O2. The molecule has 92 valence electrons. The SMILES string of the molecule is O=C(O)c1nc(C2CC2)n(-c2cncc(F)c2)n1. The van der Waals surface area contributed by atoms with Gasteiger partial charge >= 0.3 is 5.97 Å². The van der Waals surface area contributed by atoms with E-state index in [0.29, 0.717) is 11.5 Å². The van der Waals surface area contributed by atoms with E-state index in [2.05, 4.69) is 15.1 Å². The van der Waals surface area contributed by atoms with E-state index in [9.17, 15) is 9.18 Å². The smallest absolute Gasteiger partial charge is 0.375 e. The number of carboxylic acid groups (broad SMARTS) is 1. The maximum atomic E-state index is 13.1. The first-order valence-corrected chi connectivity index (χ1v) is 5.46. The van der Waals surface area contributed by atoms with Crippen LogP contribution in [0.1, 0.15) is 35.2 Å². The van der Waals surface area contributed by atoms with Gasteiger partial charge in [-0.25, -0.2) is 18.9 Å². The van der Waals surface area contributed by atoms with Crippen molar-refractivity contribution in [3.63, 3.8) is 0 Å². The Bertz CT molecular complexity index is 621. The van der Waals surface area contributed by atoms with Crippen LogP contribution < -0.4 is 0 Å². The van der Waals surface area contributed by atoms with Gasteiger partial charge in [0.2, 0.25) is 0 Å². The van der Waals surface area contributed by atoms with Gasteiger partial charge in [0.25, 0.3) is 5.82 Å². The number of rotatable bonds is 3. The minimum absolute atomic E-state index is 0.203. The average Bonchev–Trinajstić information content (AvgIpc) is 3.07. The van der Waals surface area contributed by atoms with Crippen molar-refractivity contribution in [2.75, 3.05) is 0 Å². The maximum Gasteiger partial charge on any atom is 0.375 e. The molecule has 0 amide bonds. The first kappa shape index (κ1) is 10.8. The van der Waals surface area contributed by atoms with E-state index in [1.807, 2.05) is 0 Å². The minimum Gasteiger partial charge on any atom is -0.475 e. The Morgan fingerprint density at radius 2 is 2.22 bits per heavy atom. The van der Waals surface area contributed by atoms with Gasteiger partial charge in [0.15, 0.2) is 0 Å². The molecule has 1 fully saturated rings. The zero-order chi connectivity index (χ0) is 12.7. The molecule has 7 heteroatoms. The molecule has 0 atom stereocenters. The monoisotopic (exact) mass is 248 g/mol. The van der Waals surface area contributed by atoms with Crippen molar-refractivity contribution in [1.82, 2.24) is 19.7 Å². The highest BCUT2D eigenvalue weighted by molar-refractivity contribution is 5.83. The lowest BCUT2D eigenvalue weighted by Gasteiger charge is -2.03. The quantitative estimate of drug-likeness (QED) is 0.887. The summed E-state index contributed by atoms with van der Waals surface area (Å²) in [7, 11) is 0. The molecule has 0 unspecified atom stereocenters. The fourth-order valence-electron chi connectivity index (χ4n) is 1.73. The van der Waals surface area contributed by atoms with Crippen molar-refractivity contribution in [2.24, 2.45) is 0 Å². The van der Waals surface area contributed by atoms with Crippen molar-refractivity contribution >= 4 is 5.97 Å². The molecule has 2 aromatic rings. The topological polar surface area (TPSA) is 80.9 Å². The summed E-state index contributed by atoms with van der Waals surface area (Å²) in [5.74, 6) is -1.21. The molecule has 2 heterocycles. The van der Waals surface area contributed by atoms with Gasteiger partial charge in [-0.3, -0.25) is 4.98 Å². The molecule has 6 nitrogen and oxygen atoms in total. The maximum absolute atomic E-state index is 13.1. The molecule has 3 rings (SSSR count). The number of hydrogen-bond donors (Lipinski definition) is 1. The van der Waals surface area contributed by atoms with Gasteiger partial charge in [-0.2, -0.15) is 0 Å². The van der Waals surface area contributed by atoms with Gasteiger partial charge in [0.1, 0.15) is 11.6 Å². The summed E-state index contributed by atoms with van der Waals surface area (Å²) in [6, 6.07) is 1.25. The third-order valence-corrected chi connectivity index (χ3v) is 2.70. The normalized spacial score (nSPS) is 14.7. The zero-order valence-corrected chi connectivity index (χ0v) is 9.25. The summed E-state index contributed by atoms with van der Waals surface area (Å²) in [5, 5.41) is 12.8. The number of halogens is 1. The zero-order valence-electron chi connectivity index (χ0n) is 9.25. The predicted molar refractivity (Wildman–Crippen MR) is 58.0 cm³/mol. The third-order valence-electron chi connectivity index (χ3n) is 2.70. The standard InChI is InChI=1S/C11H9FN4O2/c12-7-3-8(5-13-4-7)16-10(6-1-2-6)14-9(15-16)11(17)18/h3-6H,1-2H2,(H,17,18). The van der Waals surface area contributed by atoms with Crippen LogP contribution in [-0.2, 0) is 0 Å². The Morgan fingerprint density at radius 1 is 1.44 bits per heavy atom. The first-order chi connectivity index (χ1) is 8.65. The van der Waals surface area contributed by atoms with Crippen LogP contribution in [0.15, 0.2) is 18.5 Å². The Labute approximate surface area is 101 Å². The molecule has 0 saturated heterocycles. The predicted octanol–water partition coefficient (Wildman–Crippen LogP) is 1.38. The van der Waals surface area contributed by atoms with Crippen LogP contribution in [0.5, 0.6) is 0 Å². The summed E-state index contributed by atoms with van der Waals surface area (Å²) >= 11 is 0. The van der Waals surface area contributed by atoms with Crippen LogP contribution in [0.2, 0.25) is 0 Å². The highest BCUT2D eigenvalue weighted by Crippen LogP contribution is 2.39. The minimum atomic E-state index is -1.19. The average molecular weight is 248 g/mol. The fraction of sp³-hybridized carbons (Fsp3) is 0.273. The molecule has 2 aromatic heterocycles. The Balaban J connectivity index is 2.12. The van der Waals surface area contributed by atoms with Crippen LogP contribution in [0.25, 0.3) is 5.69 Å². The van der Waals surface area contributed by atoms with Crippen molar-refractivity contribution < 1.29 is 14.3 Å². The van der Waals surface area contributed by atoms with Gasteiger partial charge in [0, 0.05) is 12.0 Å². The van der Waals surface area contributed by atoms with E-state index in [1.54, 1.807) is 0 Å². The molecule has 18 heavy (non-hydrogen) atoms. The Hall–Kier alpha value is -2.31. The molecule has 0 aromatic carbocycles. The van der Waals surface area contributed by atoms with E-state index >= 15 is 0 Å². The van der Waals surface area contributed by atoms with Crippen molar-refractivity contribution in [2.45, 2.75) is 18.8 Å². The van der Waals surface area contributed by atoms with Crippen molar-refractivity contribution in [3.05, 3.63) is 35.9 Å². The number of nitrogens with zero attached hydrogens (tertiary/aromatic N) is 4. The second kappa shape index (κ2) is 3.86. The van der Waals surface area contributed by atoms with Crippen LogP contribution >= 0.6 is 0 Å². The number of hydrogen-bond acceptors (Lipinski definition) is 4. The van der Waals surface area contributed by atoms with Gasteiger partial charge < -0.3 is 5.11 Å². The molecule has 1 aliphatic carbocycles. The summed E-state index contributed by atoms with van der Waals surface area (Å²) in [6.45, 7) is 0. The van der Waals surface area contributed by atoms with E-state index in [1.165, 1.54) is 16.9 Å². The number of pyridine rings is 1. The molecule has 0 bridgehead atoms. The van der Waals surface area contributed by atoms with Crippen molar-refractivity contribution in [1.29, 1.82) is 0 Å². The molecule has 1 aliphatic rings. The number of aromatic nitrogens is 4. The molecule has 0 radical (unpaired) electrons. The second-order valence-electron chi connectivity index (χ2n) is 4.15. The number of carboxylic acids is 1. The van der Waals surface area contributed by atoms with Gasteiger partial charge in [-0.05, 0) is 12.8 Å². The number of carbonyl (C=O) groups is 1. The highest BCUT2D eigenvalue weighted by Gasteiger charge is 2.31. The van der Waals surface area contributed by atoms with Crippen LogP contribution in [0.3, 0.4) is 0 Å². The van der Waals surface area contributed by atoms with E-state index < -0.39 is 11.8 Å². The summed E-state index contributed by atoms with van der Waals surface area (Å²) in [5.41, 5.74) is 0.386. The molecule has 1 saturated carbocycles. The Morgan fingerprint density at radius 3 is 2.83 bits per heavy atom. The summed E-state index contributed by atoms with van der Waals surface area (Å²) in [4.78, 5) is 18.6. The number of aromatic carboxylic acids is 1. The fourth-order valence-corrected chi connectivity index (χ4v) is 1.73. The lowest BCUT2D eigenvalue weighted by atomic mass is 10.3. The van der Waals surface area contributed by atoms with E-state index in [4.69, 9.17) is 5.11 Å². The van der Waals surface area contributed by atoms with Gasteiger partial charge in [-0.1, -0.05) is 0 Å². The summed E-state index contributed by atoms with van der Waals surface area (Å²) < 4.78 is 14.5. The summed E-state index contributed by atoms with van der Waals surface area (Å²) in [6.07, 6.45) is 4.39.